The molecule has 150 valence electrons. The number of benzene rings is 1. The first kappa shape index (κ1) is 19.3. The maximum absolute atomic E-state index is 12.8. The lowest BCUT2D eigenvalue weighted by atomic mass is 9.94. The summed E-state index contributed by atoms with van der Waals surface area (Å²) in [7, 11) is 2.09. The van der Waals surface area contributed by atoms with Crippen molar-refractivity contribution in [3.05, 3.63) is 29.3 Å². The Morgan fingerprint density at radius 3 is 2.43 bits per heavy atom. The molecule has 8 heteroatoms. The van der Waals surface area contributed by atoms with Gasteiger partial charge in [-0.2, -0.15) is 0 Å². The fraction of sp³-hybridized carbons (Fsp3) is 0.550. The van der Waals surface area contributed by atoms with Crippen LogP contribution in [-0.4, -0.2) is 77.8 Å². The van der Waals surface area contributed by atoms with Crippen molar-refractivity contribution in [3.8, 4) is 0 Å². The van der Waals surface area contributed by atoms with Crippen molar-refractivity contribution in [1.82, 2.24) is 19.7 Å². The number of amides is 2. The number of likely N-dealkylation sites (N-methyl/N-ethyl adjacent to an activating group) is 1. The largest absolute Gasteiger partial charge is 0.368 e. The van der Waals surface area contributed by atoms with Gasteiger partial charge >= 0.3 is 0 Å². The van der Waals surface area contributed by atoms with Gasteiger partial charge in [-0.25, -0.2) is 4.98 Å². The number of piperazine rings is 1. The van der Waals surface area contributed by atoms with E-state index in [1.807, 2.05) is 29.2 Å². The molecule has 1 atom stereocenters. The van der Waals surface area contributed by atoms with E-state index in [1.54, 1.807) is 0 Å². The molecule has 2 aliphatic heterocycles. The Morgan fingerprint density at radius 1 is 1.11 bits per heavy atom. The maximum atomic E-state index is 12.8. The number of hydrogen-bond acceptors (Lipinski definition) is 6. The minimum atomic E-state index is -0.517. The number of fused-ring (bicyclic) bond motifs is 1. The molecule has 1 aromatic heterocycles. The quantitative estimate of drug-likeness (QED) is 0.835. The van der Waals surface area contributed by atoms with E-state index in [0.29, 0.717) is 13.1 Å². The van der Waals surface area contributed by atoms with Crippen LogP contribution in [0, 0.1) is 5.92 Å². The summed E-state index contributed by atoms with van der Waals surface area (Å²) in [6, 6.07) is 7.36. The van der Waals surface area contributed by atoms with Crippen LogP contribution in [0.2, 0.25) is 0 Å². The maximum Gasteiger partial charge on any atom is 0.241 e. The van der Waals surface area contributed by atoms with Crippen LogP contribution < -0.4 is 5.73 Å². The van der Waals surface area contributed by atoms with Crippen molar-refractivity contribution < 1.29 is 9.59 Å². The predicted octanol–water partition coefficient (Wildman–Crippen LogP) is 1.31. The third kappa shape index (κ3) is 3.90. The summed E-state index contributed by atoms with van der Waals surface area (Å²) in [5, 5.41) is 0.748. The van der Waals surface area contributed by atoms with Crippen LogP contribution in [0.4, 0.5) is 0 Å². The topological polar surface area (TPSA) is 82.8 Å². The van der Waals surface area contributed by atoms with Gasteiger partial charge in [0.15, 0.2) is 0 Å². The van der Waals surface area contributed by atoms with Crippen LogP contribution in [0.5, 0.6) is 0 Å². The zero-order valence-corrected chi connectivity index (χ0v) is 17.0. The molecule has 2 N–H and O–H groups in total. The first-order valence-electron chi connectivity index (χ1n) is 9.89. The molecule has 2 fully saturated rings. The number of carbonyl (C=O) groups excluding carboxylic acids is 2. The van der Waals surface area contributed by atoms with Gasteiger partial charge < -0.3 is 15.5 Å². The average molecular weight is 402 g/mol. The van der Waals surface area contributed by atoms with Crippen LogP contribution in [0.25, 0.3) is 10.2 Å². The van der Waals surface area contributed by atoms with Gasteiger partial charge in [-0.1, -0.05) is 12.1 Å². The van der Waals surface area contributed by atoms with Crippen LogP contribution >= 0.6 is 11.3 Å². The zero-order chi connectivity index (χ0) is 19.7. The SMILES string of the molecule is CN1CCN(C(=O)C2CCN(C(C(N)=O)c3nc4ccccc4s3)CC2)CC1. The smallest absolute Gasteiger partial charge is 0.241 e. The minimum Gasteiger partial charge on any atom is -0.368 e. The van der Waals surface area contributed by atoms with Gasteiger partial charge in [-0.3, -0.25) is 14.5 Å². The zero-order valence-electron chi connectivity index (χ0n) is 16.2. The molecule has 2 aromatic rings. The highest BCUT2D eigenvalue weighted by atomic mass is 32.1. The van der Waals surface area contributed by atoms with Crippen molar-refractivity contribution in [1.29, 1.82) is 0 Å². The summed E-state index contributed by atoms with van der Waals surface area (Å²) in [4.78, 5) is 36.1. The highest BCUT2D eigenvalue weighted by molar-refractivity contribution is 7.18. The van der Waals surface area contributed by atoms with E-state index >= 15 is 0 Å². The van der Waals surface area contributed by atoms with Gasteiger partial charge in [0.05, 0.1) is 10.2 Å². The van der Waals surface area contributed by atoms with Gasteiger partial charge in [0.2, 0.25) is 11.8 Å². The first-order valence-corrected chi connectivity index (χ1v) is 10.7. The third-order valence-electron chi connectivity index (χ3n) is 5.87. The molecule has 7 nitrogen and oxygen atoms in total. The first-order chi connectivity index (χ1) is 13.5. The summed E-state index contributed by atoms with van der Waals surface area (Å²) in [5.74, 6) is -0.0604. The van der Waals surface area contributed by atoms with E-state index in [2.05, 4.69) is 21.8 Å². The van der Waals surface area contributed by atoms with Crippen LogP contribution in [-0.2, 0) is 9.59 Å². The van der Waals surface area contributed by atoms with Gasteiger partial charge in [0.25, 0.3) is 0 Å². The Labute approximate surface area is 169 Å². The molecule has 4 rings (SSSR count). The molecule has 0 spiro atoms. The molecule has 2 saturated heterocycles. The van der Waals surface area contributed by atoms with Crippen molar-refractivity contribution in [2.45, 2.75) is 18.9 Å². The van der Waals surface area contributed by atoms with Crippen LogP contribution in [0.15, 0.2) is 24.3 Å². The average Bonchev–Trinajstić information content (AvgIpc) is 3.12. The summed E-state index contributed by atoms with van der Waals surface area (Å²) < 4.78 is 1.06. The second kappa shape index (κ2) is 8.14. The molecule has 2 amide bonds. The van der Waals surface area contributed by atoms with Crippen LogP contribution in [0.1, 0.15) is 23.9 Å². The number of hydrogen-bond donors (Lipinski definition) is 1. The molecular weight excluding hydrogens is 374 g/mol. The van der Waals surface area contributed by atoms with E-state index in [-0.39, 0.29) is 17.7 Å². The predicted molar refractivity (Wildman–Crippen MR) is 110 cm³/mol. The summed E-state index contributed by atoms with van der Waals surface area (Å²) in [6.07, 6.45) is 1.53. The normalized spacial score (nSPS) is 21.1. The lowest BCUT2D eigenvalue weighted by Crippen LogP contribution is -2.51. The second-order valence-electron chi connectivity index (χ2n) is 7.76. The number of para-hydroxylation sites is 1. The Balaban J connectivity index is 1.42. The molecule has 0 bridgehead atoms. The lowest BCUT2D eigenvalue weighted by Gasteiger charge is -2.38. The summed E-state index contributed by atoms with van der Waals surface area (Å²) >= 11 is 1.52. The number of nitrogens with two attached hydrogens (primary N) is 1. The van der Waals surface area contributed by atoms with Gasteiger partial charge in [0.1, 0.15) is 11.0 Å². The van der Waals surface area contributed by atoms with Gasteiger partial charge in [-0.05, 0) is 32.0 Å². The molecule has 0 aliphatic carbocycles. The highest BCUT2D eigenvalue weighted by Gasteiger charge is 2.35. The number of rotatable bonds is 4. The van der Waals surface area contributed by atoms with E-state index in [1.165, 1.54) is 11.3 Å². The van der Waals surface area contributed by atoms with Gasteiger partial charge in [0, 0.05) is 45.2 Å². The molecular formula is C20H27N5O2S. The molecule has 0 saturated carbocycles. The number of nitrogens with zero attached hydrogens (tertiary/aromatic N) is 4. The minimum absolute atomic E-state index is 0.0450. The molecule has 1 unspecified atom stereocenters. The number of likely N-dealkylation sites (tertiary alicyclic amines) is 1. The molecule has 1 aromatic carbocycles. The number of carbonyl (C=O) groups is 2. The summed E-state index contributed by atoms with van der Waals surface area (Å²) in [5.41, 5.74) is 6.65. The van der Waals surface area contributed by atoms with E-state index in [4.69, 9.17) is 5.73 Å². The Bertz CT molecular complexity index is 820. The van der Waals surface area contributed by atoms with E-state index < -0.39 is 6.04 Å². The number of thiazole rings is 1. The highest BCUT2D eigenvalue weighted by Crippen LogP contribution is 2.32. The number of piperidine rings is 1. The fourth-order valence-corrected chi connectivity index (χ4v) is 5.27. The lowest BCUT2D eigenvalue weighted by molar-refractivity contribution is -0.139. The third-order valence-corrected chi connectivity index (χ3v) is 6.96. The Hall–Kier alpha value is -2.03. The number of aromatic nitrogens is 1. The fourth-order valence-electron chi connectivity index (χ4n) is 4.15. The Morgan fingerprint density at radius 2 is 1.79 bits per heavy atom. The molecule has 0 radical (unpaired) electrons. The van der Waals surface area contributed by atoms with Crippen molar-refractivity contribution >= 4 is 33.4 Å². The van der Waals surface area contributed by atoms with E-state index in [9.17, 15) is 9.59 Å². The van der Waals surface area contributed by atoms with Gasteiger partial charge in [-0.15, -0.1) is 11.3 Å². The van der Waals surface area contributed by atoms with Crippen LogP contribution in [0.3, 0.4) is 0 Å². The standard InChI is InChI=1S/C20H27N5O2S/c1-23-10-12-25(13-11-23)20(27)14-6-8-24(9-7-14)17(18(21)26)19-22-15-4-2-3-5-16(15)28-19/h2-5,14,17H,6-13H2,1H3,(H2,21,26). The van der Waals surface area contributed by atoms with Crippen molar-refractivity contribution in [2.75, 3.05) is 46.3 Å². The second-order valence-corrected chi connectivity index (χ2v) is 8.83. The number of primary amides is 1. The summed E-state index contributed by atoms with van der Waals surface area (Å²) in [6.45, 7) is 4.87. The van der Waals surface area contributed by atoms with Crippen molar-refractivity contribution in [2.24, 2.45) is 11.7 Å². The Kier molecular flexibility index (Phi) is 5.61. The molecule has 2 aliphatic rings. The van der Waals surface area contributed by atoms with E-state index in [0.717, 1.165) is 54.2 Å². The molecule has 3 heterocycles. The van der Waals surface area contributed by atoms with Crippen molar-refractivity contribution in [3.63, 3.8) is 0 Å². The molecule has 28 heavy (non-hydrogen) atoms. The monoisotopic (exact) mass is 401 g/mol.